The van der Waals surface area contributed by atoms with E-state index in [1.165, 1.54) is 31.1 Å². The molecule has 37 heavy (non-hydrogen) atoms. The van der Waals surface area contributed by atoms with E-state index >= 15 is 0 Å². The summed E-state index contributed by atoms with van der Waals surface area (Å²) in [5, 5.41) is 3.24. The first-order valence-electron chi connectivity index (χ1n) is 11.8. The molecule has 0 saturated carbocycles. The number of hydrogen-bond acceptors (Lipinski definition) is 7. The van der Waals surface area contributed by atoms with Gasteiger partial charge in [0.25, 0.3) is 10.0 Å². The maximum atomic E-state index is 13.4. The van der Waals surface area contributed by atoms with E-state index in [0.29, 0.717) is 17.2 Å². The zero-order valence-electron chi connectivity index (χ0n) is 20.9. The highest BCUT2D eigenvalue weighted by Gasteiger charge is 2.27. The van der Waals surface area contributed by atoms with Crippen LogP contribution in [0.25, 0.3) is 11.3 Å². The molecule has 4 rings (SSSR count). The summed E-state index contributed by atoms with van der Waals surface area (Å²) in [7, 11) is -2.78. The molecule has 190 valence electrons. The van der Waals surface area contributed by atoms with Crippen LogP contribution >= 0.6 is 0 Å². The molecule has 0 aliphatic heterocycles. The lowest BCUT2D eigenvalue weighted by atomic mass is 10.0. The lowest BCUT2D eigenvalue weighted by Gasteiger charge is -2.23. The number of benzene rings is 3. The molecule has 1 N–H and O–H groups in total. The second-order valence-corrected chi connectivity index (χ2v) is 10.2. The van der Waals surface area contributed by atoms with Gasteiger partial charge in [0.05, 0.1) is 23.4 Å². The molecule has 0 aliphatic rings. The number of esters is 1. The maximum Gasteiger partial charge on any atom is 0.326 e. The summed E-state index contributed by atoms with van der Waals surface area (Å²) >= 11 is 0. The molecule has 3 aromatic carbocycles. The number of ether oxygens (including phenoxy) is 1. The molecule has 0 aliphatic carbocycles. The first-order chi connectivity index (χ1) is 17.8. The molecule has 1 aromatic heterocycles. The zero-order chi connectivity index (χ0) is 26.4. The van der Waals surface area contributed by atoms with Gasteiger partial charge >= 0.3 is 5.97 Å². The molecule has 0 amide bonds. The highest BCUT2D eigenvalue weighted by molar-refractivity contribution is 7.92. The molecular weight excluding hydrogens is 488 g/mol. The molecule has 9 heteroatoms. The average molecular weight is 517 g/mol. The van der Waals surface area contributed by atoms with E-state index in [1.54, 1.807) is 36.4 Å². The second kappa shape index (κ2) is 11.2. The number of rotatable bonds is 9. The monoisotopic (exact) mass is 516 g/mol. The molecule has 0 bridgehead atoms. The minimum Gasteiger partial charge on any atom is -0.468 e. The van der Waals surface area contributed by atoms with Crippen molar-refractivity contribution in [1.29, 1.82) is 0 Å². The summed E-state index contributed by atoms with van der Waals surface area (Å²) in [6, 6.07) is 23.2. The van der Waals surface area contributed by atoms with Crippen LogP contribution in [0.5, 0.6) is 0 Å². The predicted molar refractivity (Wildman–Crippen MR) is 144 cm³/mol. The quantitative estimate of drug-likeness (QED) is 0.308. The van der Waals surface area contributed by atoms with Crippen molar-refractivity contribution in [2.24, 2.45) is 0 Å². The van der Waals surface area contributed by atoms with Crippen molar-refractivity contribution in [3.8, 4) is 11.3 Å². The summed E-state index contributed by atoms with van der Waals surface area (Å²) in [4.78, 5) is 20.9. The van der Waals surface area contributed by atoms with Crippen LogP contribution in [-0.4, -0.2) is 38.0 Å². The van der Waals surface area contributed by atoms with Crippen molar-refractivity contribution in [2.75, 3.05) is 23.3 Å². The number of aryl methyl sites for hydroxylation is 2. The van der Waals surface area contributed by atoms with E-state index in [2.05, 4.69) is 28.3 Å². The first-order valence-corrected chi connectivity index (χ1v) is 13.2. The van der Waals surface area contributed by atoms with Gasteiger partial charge in [0, 0.05) is 17.3 Å². The summed E-state index contributed by atoms with van der Waals surface area (Å²) in [6.07, 6.45) is 2.39. The van der Waals surface area contributed by atoms with Crippen molar-refractivity contribution in [1.82, 2.24) is 9.97 Å². The molecule has 0 unspecified atom stereocenters. The summed E-state index contributed by atoms with van der Waals surface area (Å²) < 4.78 is 32.6. The van der Waals surface area contributed by atoms with E-state index in [1.807, 2.05) is 31.2 Å². The van der Waals surface area contributed by atoms with Gasteiger partial charge in [-0.2, -0.15) is 0 Å². The molecular formula is C28H28N4O4S. The molecule has 0 spiro atoms. The summed E-state index contributed by atoms with van der Waals surface area (Å²) in [5.74, 6) is -0.0684. The third-order valence-electron chi connectivity index (χ3n) is 5.88. The first kappa shape index (κ1) is 25.8. The van der Waals surface area contributed by atoms with Crippen LogP contribution in [0, 0.1) is 6.92 Å². The van der Waals surface area contributed by atoms with Crippen LogP contribution in [0.3, 0.4) is 0 Å². The van der Waals surface area contributed by atoms with E-state index in [-0.39, 0.29) is 4.90 Å². The SMILES string of the molecule is CCc1ccccc1-c1cc(Nc2ccc(N(CC(=O)OC)S(=O)(=O)c3ccc(C)cc3)cc2)ncn1. The Morgan fingerprint density at radius 1 is 0.973 bits per heavy atom. The third-order valence-corrected chi connectivity index (χ3v) is 7.67. The van der Waals surface area contributed by atoms with Crippen LogP contribution in [-0.2, 0) is 26.0 Å². The Balaban J connectivity index is 1.60. The maximum absolute atomic E-state index is 13.4. The van der Waals surface area contributed by atoms with Gasteiger partial charge in [-0.1, -0.05) is 48.9 Å². The van der Waals surface area contributed by atoms with Crippen LogP contribution in [0.15, 0.2) is 90.1 Å². The van der Waals surface area contributed by atoms with Gasteiger partial charge in [-0.15, -0.1) is 0 Å². The Morgan fingerprint density at radius 2 is 1.68 bits per heavy atom. The summed E-state index contributed by atoms with van der Waals surface area (Å²) in [6.45, 7) is 3.52. The van der Waals surface area contributed by atoms with E-state index < -0.39 is 22.5 Å². The van der Waals surface area contributed by atoms with Crippen molar-refractivity contribution in [3.05, 3.63) is 96.3 Å². The van der Waals surface area contributed by atoms with E-state index in [0.717, 1.165) is 27.5 Å². The minimum atomic E-state index is -4.00. The van der Waals surface area contributed by atoms with E-state index in [4.69, 9.17) is 4.74 Å². The number of methoxy groups -OCH3 is 1. The Morgan fingerprint density at radius 3 is 2.35 bits per heavy atom. The molecule has 0 fully saturated rings. The van der Waals surface area contributed by atoms with Gasteiger partial charge < -0.3 is 10.1 Å². The predicted octanol–water partition coefficient (Wildman–Crippen LogP) is 5.13. The van der Waals surface area contributed by atoms with Crippen LogP contribution < -0.4 is 9.62 Å². The molecule has 0 saturated heterocycles. The minimum absolute atomic E-state index is 0.0880. The van der Waals surface area contributed by atoms with Gasteiger partial charge in [0.15, 0.2) is 0 Å². The van der Waals surface area contributed by atoms with Crippen LogP contribution in [0.1, 0.15) is 18.1 Å². The standard InChI is InChI=1S/C28H28N4O4S/c1-4-21-7-5-6-8-25(21)26-17-27(30-19-29-26)31-22-11-13-23(14-12-22)32(18-28(33)36-3)37(34,35)24-15-9-20(2)10-16-24/h5-17,19H,4,18H2,1-3H3,(H,29,30,31). The number of carbonyl (C=O) groups is 1. The van der Waals surface area contributed by atoms with Crippen LogP contribution in [0.2, 0.25) is 0 Å². The fraction of sp³-hybridized carbons (Fsp3) is 0.179. The number of nitrogens with one attached hydrogen (secondary N) is 1. The molecule has 0 atom stereocenters. The number of anilines is 3. The lowest BCUT2D eigenvalue weighted by Crippen LogP contribution is -2.36. The lowest BCUT2D eigenvalue weighted by molar-refractivity contribution is -0.138. The average Bonchev–Trinajstić information content (AvgIpc) is 2.92. The highest BCUT2D eigenvalue weighted by atomic mass is 32.2. The number of hydrogen-bond donors (Lipinski definition) is 1. The topological polar surface area (TPSA) is 101 Å². The van der Waals surface area contributed by atoms with Crippen molar-refractivity contribution in [3.63, 3.8) is 0 Å². The van der Waals surface area contributed by atoms with Gasteiger partial charge in [0.1, 0.15) is 18.7 Å². The third kappa shape index (κ3) is 5.95. The molecule has 8 nitrogen and oxygen atoms in total. The highest BCUT2D eigenvalue weighted by Crippen LogP contribution is 2.28. The number of carbonyl (C=O) groups excluding carboxylic acids is 1. The van der Waals surface area contributed by atoms with Gasteiger partial charge in [0.2, 0.25) is 0 Å². The van der Waals surface area contributed by atoms with Crippen molar-refractivity contribution in [2.45, 2.75) is 25.2 Å². The molecule has 4 aromatic rings. The molecule has 0 radical (unpaired) electrons. The number of sulfonamides is 1. The van der Waals surface area contributed by atoms with Crippen molar-refractivity contribution >= 4 is 33.2 Å². The normalized spacial score (nSPS) is 11.1. The Bertz CT molecular complexity index is 1490. The smallest absolute Gasteiger partial charge is 0.326 e. The fourth-order valence-electron chi connectivity index (χ4n) is 3.84. The summed E-state index contributed by atoms with van der Waals surface area (Å²) in [5.41, 5.74) is 5.00. The van der Waals surface area contributed by atoms with Crippen LogP contribution in [0.4, 0.5) is 17.2 Å². The molecule has 1 heterocycles. The van der Waals surface area contributed by atoms with E-state index in [9.17, 15) is 13.2 Å². The fourth-order valence-corrected chi connectivity index (χ4v) is 5.25. The second-order valence-electron chi connectivity index (χ2n) is 8.37. The zero-order valence-corrected chi connectivity index (χ0v) is 21.7. The number of aromatic nitrogens is 2. The Kier molecular flexibility index (Phi) is 7.83. The number of nitrogens with zero attached hydrogens (tertiary/aromatic N) is 3. The van der Waals surface area contributed by atoms with Gasteiger partial charge in [-0.3, -0.25) is 9.10 Å². The Hall–Kier alpha value is -4.24. The van der Waals surface area contributed by atoms with Gasteiger partial charge in [-0.25, -0.2) is 18.4 Å². The van der Waals surface area contributed by atoms with Gasteiger partial charge in [-0.05, 0) is 55.3 Å². The largest absolute Gasteiger partial charge is 0.468 e. The van der Waals surface area contributed by atoms with Crippen molar-refractivity contribution < 1.29 is 17.9 Å². The Labute approximate surface area is 217 Å².